The summed E-state index contributed by atoms with van der Waals surface area (Å²) < 4.78 is 5.09. The van der Waals surface area contributed by atoms with Gasteiger partial charge in [-0.15, -0.1) is 0 Å². The van der Waals surface area contributed by atoms with E-state index >= 15 is 0 Å². The van der Waals surface area contributed by atoms with E-state index in [1.807, 2.05) is 19.1 Å². The molecule has 0 aliphatic rings. The van der Waals surface area contributed by atoms with Gasteiger partial charge in [-0.2, -0.15) is 5.26 Å². The summed E-state index contributed by atoms with van der Waals surface area (Å²) in [5.41, 5.74) is 2.84. The lowest BCUT2D eigenvalue weighted by Crippen LogP contribution is -1.92. The SMILES string of the molecule is COc1cc(CBr)c(C)cc1C#N. The Morgan fingerprint density at radius 2 is 2.23 bits per heavy atom. The molecule has 1 aromatic rings. The Bertz CT molecular complexity index is 355. The number of ether oxygens (including phenoxy) is 1. The highest BCUT2D eigenvalue weighted by Gasteiger charge is 2.06. The van der Waals surface area contributed by atoms with E-state index in [0.29, 0.717) is 11.3 Å². The molecule has 0 heterocycles. The molecule has 0 saturated heterocycles. The summed E-state index contributed by atoms with van der Waals surface area (Å²) >= 11 is 3.38. The average Bonchev–Trinajstić information content (AvgIpc) is 2.17. The van der Waals surface area contributed by atoms with Crippen LogP contribution in [0.5, 0.6) is 5.75 Å². The number of alkyl halides is 1. The van der Waals surface area contributed by atoms with Gasteiger partial charge < -0.3 is 4.74 Å². The normalized spacial score (nSPS) is 9.38. The number of aryl methyl sites for hydroxylation is 1. The molecule has 0 unspecified atom stereocenters. The maximum atomic E-state index is 8.80. The largest absolute Gasteiger partial charge is 0.495 e. The summed E-state index contributed by atoms with van der Waals surface area (Å²) in [5.74, 6) is 0.641. The molecule has 1 aromatic carbocycles. The highest BCUT2D eigenvalue weighted by atomic mass is 79.9. The topological polar surface area (TPSA) is 33.0 Å². The minimum Gasteiger partial charge on any atom is -0.495 e. The van der Waals surface area contributed by atoms with Gasteiger partial charge in [0.05, 0.1) is 12.7 Å². The molecule has 0 radical (unpaired) electrons. The second-order valence-electron chi connectivity index (χ2n) is 2.72. The zero-order valence-electron chi connectivity index (χ0n) is 7.60. The van der Waals surface area contributed by atoms with Gasteiger partial charge in [-0.1, -0.05) is 15.9 Å². The van der Waals surface area contributed by atoms with Crippen LogP contribution in [0.1, 0.15) is 16.7 Å². The van der Waals surface area contributed by atoms with Crippen molar-refractivity contribution in [3.8, 4) is 11.8 Å². The highest BCUT2D eigenvalue weighted by Crippen LogP contribution is 2.23. The molecule has 0 atom stereocenters. The molecule has 0 amide bonds. The van der Waals surface area contributed by atoms with Crippen molar-refractivity contribution in [1.82, 2.24) is 0 Å². The molecule has 13 heavy (non-hydrogen) atoms. The third-order valence-corrected chi connectivity index (χ3v) is 2.53. The molecule has 2 nitrogen and oxygen atoms in total. The van der Waals surface area contributed by atoms with Crippen molar-refractivity contribution in [2.24, 2.45) is 0 Å². The van der Waals surface area contributed by atoms with Crippen LogP contribution >= 0.6 is 15.9 Å². The van der Waals surface area contributed by atoms with Gasteiger partial charge in [0.2, 0.25) is 0 Å². The molecular weight excluding hydrogens is 230 g/mol. The van der Waals surface area contributed by atoms with Crippen LogP contribution in [-0.2, 0) is 5.33 Å². The van der Waals surface area contributed by atoms with Crippen LogP contribution in [0.4, 0.5) is 0 Å². The number of halogens is 1. The van der Waals surface area contributed by atoms with Crippen molar-refractivity contribution in [1.29, 1.82) is 5.26 Å². The molecular formula is C10H10BrNO. The average molecular weight is 240 g/mol. The summed E-state index contributed by atoms with van der Waals surface area (Å²) in [7, 11) is 1.57. The van der Waals surface area contributed by atoms with Crippen LogP contribution in [0.25, 0.3) is 0 Å². The van der Waals surface area contributed by atoms with Crippen LogP contribution in [-0.4, -0.2) is 7.11 Å². The van der Waals surface area contributed by atoms with Crippen molar-refractivity contribution in [3.63, 3.8) is 0 Å². The summed E-state index contributed by atoms with van der Waals surface area (Å²) in [6.07, 6.45) is 0. The van der Waals surface area contributed by atoms with Crippen molar-refractivity contribution in [2.75, 3.05) is 7.11 Å². The molecule has 0 aliphatic carbocycles. The van der Waals surface area contributed by atoms with Gasteiger partial charge >= 0.3 is 0 Å². The van der Waals surface area contributed by atoms with Gasteiger partial charge in [0.1, 0.15) is 11.8 Å². The Morgan fingerprint density at radius 1 is 1.54 bits per heavy atom. The van der Waals surface area contributed by atoms with E-state index in [4.69, 9.17) is 10.00 Å². The second kappa shape index (κ2) is 4.29. The summed E-state index contributed by atoms with van der Waals surface area (Å²) in [6.45, 7) is 1.98. The van der Waals surface area contributed by atoms with E-state index in [1.54, 1.807) is 7.11 Å². The predicted octanol–water partition coefficient (Wildman–Crippen LogP) is 2.77. The maximum absolute atomic E-state index is 8.80. The van der Waals surface area contributed by atoms with Gasteiger partial charge in [-0.3, -0.25) is 0 Å². The van der Waals surface area contributed by atoms with Gasteiger partial charge in [0.15, 0.2) is 0 Å². The van der Waals surface area contributed by atoms with Gasteiger partial charge in [0.25, 0.3) is 0 Å². The van der Waals surface area contributed by atoms with Crippen LogP contribution in [0.3, 0.4) is 0 Å². The van der Waals surface area contributed by atoms with E-state index < -0.39 is 0 Å². The number of methoxy groups -OCH3 is 1. The van der Waals surface area contributed by atoms with E-state index in [2.05, 4.69) is 22.0 Å². The summed E-state index contributed by atoms with van der Waals surface area (Å²) in [5, 5.41) is 9.57. The third-order valence-electron chi connectivity index (χ3n) is 1.92. The molecule has 0 spiro atoms. The fraction of sp³-hybridized carbons (Fsp3) is 0.300. The van der Waals surface area contributed by atoms with Crippen molar-refractivity contribution < 1.29 is 4.74 Å². The number of hydrogen-bond acceptors (Lipinski definition) is 2. The van der Waals surface area contributed by atoms with E-state index in [1.165, 1.54) is 0 Å². The lowest BCUT2D eigenvalue weighted by Gasteiger charge is -2.07. The number of nitrogens with zero attached hydrogens (tertiary/aromatic N) is 1. The van der Waals surface area contributed by atoms with E-state index in [0.717, 1.165) is 16.5 Å². The Kier molecular flexibility index (Phi) is 3.32. The molecule has 3 heteroatoms. The Hall–Kier alpha value is -1.01. The molecule has 0 bridgehead atoms. The predicted molar refractivity (Wildman–Crippen MR) is 55.1 cm³/mol. The molecule has 0 N–H and O–H groups in total. The summed E-state index contributed by atoms with van der Waals surface area (Å²) in [6, 6.07) is 5.83. The van der Waals surface area contributed by atoms with Crippen molar-refractivity contribution in [2.45, 2.75) is 12.3 Å². The van der Waals surface area contributed by atoms with Gasteiger partial charge in [-0.05, 0) is 30.2 Å². The summed E-state index contributed by atoms with van der Waals surface area (Å²) in [4.78, 5) is 0. The minimum atomic E-state index is 0.588. The maximum Gasteiger partial charge on any atom is 0.136 e. The lowest BCUT2D eigenvalue weighted by molar-refractivity contribution is 0.413. The first-order valence-corrected chi connectivity index (χ1v) is 4.98. The number of rotatable bonds is 2. The zero-order valence-corrected chi connectivity index (χ0v) is 9.18. The minimum absolute atomic E-state index is 0.588. The van der Waals surface area contributed by atoms with Gasteiger partial charge in [-0.25, -0.2) is 0 Å². The first-order valence-electron chi connectivity index (χ1n) is 3.86. The molecule has 0 fully saturated rings. The smallest absolute Gasteiger partial charge is 0.136 e. The fourth-order valence-corrected chi connectivity index (χ4v) is 1.73. The number of nitriles is 1. The lowest BCUT2D eigenvalue weighted by atomic mass is 10.1. The van der Waals surface area contributed by atoms with Crippen molar-refractivity contribution >= 4 is 15.9 Å². The molecule has 0 saturated carbocycles. The molecule has 0 aliphatic heterocycles. The highest BCUT2D eigenvalue weighted by molar-refractivity contribution is 9.08. The van der Waals surface area contributed by atoms with E-state index in [-0.39, 0.29) is 0 Å². The third kappa shape index (κ3) is 2.02. The van der Waals surface area contributed by atoms with E-state index in [9.17, 15) is 0 Å². The van der Waals surface area contributed by atoms with Gasteiger partial charge in [0, 0.05) is 5.33 Å². The number of benzene rings is 1. The fourth-order valence-electron chi connectivity index (χ4n) is 1.13. The standard InChI is InChI=1S/C10H10BrNO/c1-7-3-9(6-12)10(13-2)4-8(7)5-11/h3-4H,5H2,1-2H3. The van der Waals surface area contributed by atoms with Crippen LogP contribution in [0.2, 0.25) is 0 Å². The van der Waals surface area contributed by atoms with Crippen molar-refractivity contribution in [3.05, 3.63) is 28.8 Å². The zero-order chi connectivity index (χ0) is 9.84. The van der Waals surface area contributed by atoms with Crippen LogP contribution in [0, 0.1) is 18.3 Å². The first kappa shape index (κ1) is 10.1. The monoisotopic (exact) mass is 239 g/mol. The Balaban J connectivity index is 3.28. The van der Waals surface area contributed by atoms with Crippen LogP contribution < -0.4 is 4.74 Å². The second-order valence-corrected chi connectivity index (χ2v) is 3.29. The quantitative estimate of drug-likeness (QED) is 0.744. The van der Waals surface area contributed by atoms with Crippen LogP contribution in [0.15, 0.2) is 12.1 Å². The Labute approximate surface area is 86.3 Å². The molecule has 1 rings (SSSR count). The first-order chi connectivity index (χ1) is 6.22. The molecule has 0 aromatic heterocycles. The molecule has 68 valence electrons. The Morgan fingerprint density at radius 3 is 2.69 bits per heavy atom. The number of hydrogen-bond donors (Lipinski definition) is 0.